The molecule has 11 heteroatoms. The van der Waals surface area contributed by atoms with Crippen molar-refractivity contribution in [1.82, 2.24) is 4.57 Å². The van der Waals surface area contributed by atoms with Crippen LogP contribution in [0.3, 0.4) is 0 Å². The second-order valence-corrected chi connectivity index (χ2v) is 13.6. The number of carbonyl (C=O) groups excluding carboxylic acids is 1. The summed E-state index contributed by atoms with van der Waals surface area (Å²) >= 11 is 7.16. The smallest absolute Gasteiger partial charge is 0.338 e. The molecule has 0 unspecified atom stereocenters. The number of thiazole rings is 1. The fraction of sp³-hybridized carbons (Fsp3) is 0.265. The van der Waals surface area contributed by atoms with Gasteiger partial charge in [-0.1, -0.05) is 35.6 Å². The summed E-state index contributed by atoms with van der Waals surface area (Å²) in [6.07, 6.45) is 1.76. The molecular formula is C34H32BrIN2O6S. The summed E-state index contributed by atoms with van der Waals surface area (Å²) < 4.78 is 26.9. The highest BCUT2D eigenvalue weighted by Gasteiger charge is 2.34. The first-order valence-corrected chi connectivity index (χ1v) is 17.0. The molecule has 45 heavy (non-hydrogen) atoms. The molecule has 0 spiro atoms. The summed E-state index contributed by atoms with van der Waals surface area (Å²) in [5.41, 5.74) is 3.07. The number of methoxy groups -OCH3 is 1. The van der Waals surface area contributed by atoms with Crippen LogP contribution in [0.15, 0.2) is 86.2 Å². The Morgan fingerprint density at radius 1 is 1.09 bits per heavy atom. The van der Waals surface area contributed by atoms with E-state index in [1.807, 2.05) is 68.5 Å². The third-order valence-corrected chi connectivity index (χ3v) is 9.27. The van der Waals surface area contributed by atoms with Crippen molar-refractivity contribution in [2.45, 2.75) is 46.4 Å². The van der Waals surface area contributed by atoms with Gasteiger partial charge in [-0.25, -0.2) is 9.79 Å². The number of allylic oxidation sites excluding steroid dienone is 1. The fourth-order valence-electron chi connectivity index (χ4n) is 4.93. The first-order valence-electron chi connectivity index (χ1n) is 14.3. The minimum atomic E-state index is -0.770. The van der Waals surface area contributed by atoms with E-state index >= 15 is 0 Å². The topological polar surface area (TPSA) is 88.4 Å². The van der Waals surface area contributed by atoms with E-state index in [2.05, 4.69) is 43.5 Å². The van der Waals surface area contributed by atoms with Gasteiger partial charge in [0.05, 0.1) is 46.1 Å². The molecule has 1 aromatic heterocycles. The number of halogens is 2. The molecule has 0 saturated carbocycles. The number of carbonyl (C=O) groups is 1. The van der Waals surface area contributed by atoms with Crippen molar-refractivity contribution >= 4 is 61.9 Å². The van der Waals surface area contributed by atoms with E-state index < -0.39 is 12.0 Å². The number of esters is 1. The van der Waals surface area contributed by atoms with Crippen molar-refractivity contribution < 1.29 is 23.7 Å². The zero-order valence-electron chi connectivity index (χ0n) is 25.4. The molecule has 2 heterocycles. The van der Waals surface area contributed by atoms with Gasteiger partial charge in [0.15, 0.2) is 16.3 Å². The fourth-order valence-corrected chi connectivity index (χ4v) is 6.85. The predicted octanol–water partition coefficient (Wildman–Crippen LogP) is 6.54. The van der Waals surface area contributed by atoms with Gasteiger partial charge in [0.1, 0.15) is 12.4 Å². The summed E-state index contributed by atoms with van der Waals surface area (Å²) in [6, 6.07) is 18.5. The van der Waals surface area contributed by atoms with E-state index in [9.17, 15) is 9.59 Å². The monoisotopic (exact) mass is 802 g/mol. The van der Waals surface area contributed by atoms with Crippen LogP contribution in [0.1, 0.15) is 50.4 Å². The van der Waals surface area contributed by atoms with Crippen LogP contribution in [-0.4, -0.2) is 30.4 Å². The van der Waals surface area contributed by atoms with E-state index in [1.54, 1.807) is 37.7 Å². The summed E-state index contributed by atoms with van der Waals surface area (Å²) in [5.74, 6) is 1.24. The number of benzene rings is 3. The average molecular weight is 804 g/mol. The van der Waals surface area contributed by atoms with E-state index in [4.69, 9.17) is 18.9 Å². The Bertz CT molecular complexity index is 1950. The van der Waals surface area contributed by atoms with E-state index in [1.165, 1.54) is 14.9 Å². The van der Waals surface area contributed by atoms with E-state index in [-0.39, 0.29) is 18.3 Å². The van der Waals surface area contributed by atoms with Gasteiger partial charge in [-0.2, -0.15) is 0 Å². The Hall–Kier alpha value is -3.42. The quantitative estimate of drug-likeness (QED) is 0.134. The largest absolute Gasteiger partial charge is 0.493 e. The number of ether oxygens (including phenoxy) is 4. The normalized spacial score (nSPS) is 14.7. The summed E-state index contributed by atoms with van der Waals surface area (Å²) in [5, 5.41) is 0. The Balaban J connectivity index is 1.54. The van der Waals surface area contributed by atoms with Crippen LogP contribution in [0.5, 0.6) is 17.2 Å². The lowest BCUT2D eigenvalue weighted by atomic mass is 9.95. The molecule has 0 fully saturated rings. The van der Waals surface area contributed by atoms with Crippen molar-refractivity contribution in [3.63, 3.8) is 0 Å². The number of hydrogen-bond donors (Lipinski definition) is 0. The number of nitrogens with zero attached hydrogens (tertiary/aromatic N) is 2. The second-order valence-electron chi connectivity index (χ2n) is 10.5. The van der Waals surface area contributed by atoms with Crippen LogP contribution < -0.4 is 29.1 Å². The summed E-state index contributed by atoms with van der Waals surface area (Å²) in [7, 11) is 1.56. The van der Waals surface area contributed by atoms with E-state index in [0.717, 1.165) is 15.6 Å². The van der Waals surface area contributed by atoms with Gasteiger partial charge in [0, 0.05) is 3.57 Å². The molecule has 0 aliphatic carbocycles. The highest BCUT2D eigenvalue weighted by atomic mass is 127. The lowest BCUT2D eigenvalue weighted by Crippen LogP contribution is -2.40. The molecular weight excluding hydrogens is 771 g/mol. The molecule has 5 rings (SSSR count). The Morgan fingerprint density at radius 3 is 2.49 bits per heavy atom. The number of fused-ring (bicyclic) bond motifs is 1. The number of rotatable bonds is 10. The van der Waals surface area contributed by atoms with Gasteiger partial charge < -0.3 is 18.9 Å². The van der Waals surface area contributed by atoms with Crippen molar-refractivity contribution in [2.24, 2.45) is 4.99 Å². The molecule has 1 aliphatic rings. The van der Waals surface area contributed by atoms with Gasteiger partial charge in [-0.3, -0.25) is 9.36 Å². The molecule has 1 atom stereocenters. The Labute approximate surface area is 287 Å². The SMILES string of the molecule is CCOC(=O)C1=C(C)N=c2s/c(=C\c3ccc(OCc4ccc(I)cc4)c(Br)c3)c(=O)n2[C@H]1c1ccc(OC(C)C)c(OC)c1. The van der Waals surface area contributed by atoms with Crippen LogP contribution in [0, 0.1) is 3.57 Å². The number of hydrogen-bond acceptors (Lipinski definition) is 8. The molecule has 0 saturated heterocycles. The van der Waals surface area contributed by atoms with Crippen LogP contribution in [0.25, 0.3) is 6.08 Å². The molecule has 0 amide bonds. The summed E-state index contributed by atoms with van der Waals surface area (Å²) in [4.78, 5) is 32.5. The van der Waals surface area contributed by atoms with Crippen LogP contribution in [0.4, 0.5) is 0 Å². The highest BCUT2D eigenvalue weighted by molar-refractivity contribution is 14.1. The highest BCUT2D eigenvalue weighted by Crippen LogP contribution is 2.36. The van der Waals surface area contributed by atoms with Gasteiger partial charge in [-0.05, 0) is 125 Å². The Morgan fingerprint density at radius 2 is 1.82 bits per heavy atom. The second kappa shape index (κ2) is 14.3. The first-order chi connectivity index (χ1) is 21.6. The van der Waals surface area contributed by atoms with Crippen LogP contribution in [-0.2, 0) is 16.1 Å². The average Bonchev–Trinajstić information content (AvgIpc) is 3.30. The zero-order chi connectivity index (χ0) is 32.2. The first kappa shape index (κ1) is 33.0. The minimum Gasteiger partial charge on any atom is -0.493 e. The molecule has 3 aromatic carbocycles. The molecule has 1 aliphatic heterocycles. The zero-order valence-corrected chi connectivity index (χ0v) is 30.0. The minimum absolute atomic E-state index is 0.0618. The third-order valence-electron chi connectivity index (χ3n) is 6.94. The lowest BCUT2D eigenvalue weighted by Gasteiger charge is -2.25. The third kappa shape index (κ3) is 7.36. The van der Waals surface area contributed by atoms with Crippen molar-refractivity contribution in [3.8, 4) is 17.2 Å². The Kier molecular flexibility index (Phi) is 10.5. The molecule has 0 radical (unpaired) electrons. The summed E-state index contributed by atoms with van der Waals surface area (Å²) in [6.45, 7) is 7.99. The maximum absolute atomic E-state index is 14.1. The van der Waals surface area contributed by atoms with Crippen LogP contribution >= 0.6 is 49.9 Å². The van der Waals surface area contributed by atoms with Gasteiger partial charge >= 0.3 is 5.97 Å². The van der Waals surface area contributed by atoms with Crippen molar-refractivity contribution in [3.05, 3.63) is 116 Å². The molecule has 0 bridgehead atoms. The lowest BCUT2D eigenvalue weighted by molar-refractivity contribution is -0.139. The van der Waals surface area contributed by atoms with E-state index in [0.29, 0.717) is 50.0 Å². The number of aromatic nitrogens is 1. The van der Waals surface area contributed by atoms with Crippen LogP contribution in [0.2, 0.25) is 0 Å². The molecule has 4 aromatic rings. The maximum Gasteiger partial charge on any atom is 0.338 e. The molecule has 8 nitrogen and oxygen atoms in total. The van der Waals surface area contributed by atoms with Gasteiger partial charge in [-0.15, -0.1) is 0 Å². The van der Waals surface area contributed by atoms with Gasteiger partial charge in [0.2, 0.25) is 0 Å². The standard InChI is InChI=1S/C34H32BrIN2O6S/c1-6-42-33(40)30-20(4)37-34-38(31(30)23-10-14-27(44-19(2)3)28(17-23)41-5)32(39)29(45-34)16-22-9-13-26(25(35)15-22)43-18-21-7-11-24(36)12-8-21/h7-17,19,31H,6,18H2,1-5H3/b29-16-/t31-/m0/s1. The molecule has 234 valence electrons. The van der Waals surface area contributed by atoms with Gasteiger partial charge in [0.25, 0.3) is 5.56 Å². The maximum atomic E-state index is 14.1. The van der Waals surface area contributed by atoms with Crippen molar-refractivity contribution in [2.75, 3.05) is 13.7 Å². The molecule has 0 N–H and O–H groups in total. The van der Waals surface area contributed by atoms with Crippen molar-refractivity contribution in [1.29, 1.82) is 0 Å². The predicted molar refractivity (Wildman–Crippen MR) is 187 cm³/mol.